The monoisotopic (exact) mass is 551 g/mol. The van der Waals surface area contributed by atoms with Gasteiger partial charge in [-0.1, -0.05) is 86.0 Å². The van der Waals surface area contributed by atoms with E-state index in [1.54, 1.807) is 30.3 Å². The normalized spacial score (nSPS) is 13.2. The van der Waals surface area contributed by atoms with Crippen LogP contribution in [0.4, 0.5) is 13.2 Å². The van der Waals surface area contributed by atoms with E-state index in [4.69, 9.17) is 0 Å². The van der Waals surface area contributed by atoms with Crippen LogP contribution >= 0.6 is 0 Å². The Morgan fingerprint density at radius 2 is 1.25 bits per heavy atom. The van der Waals surface area contributed by atoms with Gasteiger partial charge in [0.15, 0.2) is 0 Å². The predicted octanol–water partition coefficient (Wildman–Crippen LogP) is 5.13. The highest BCUT2D eigenvalue weighted by Crippen LogP contribution is 2.51. The minimum absolute atomic E-state index is 0.123. The summed E-state index contributed by atoms with van der Waals surface area (Å²) in [5.41, 5.74) is 2.45. The molecule has 6 nitrogen and oxygen atoms in total. The minimum atomic E-state index is -4.51. The molecule has 0 atom stereocenters. The molecule has 0 saturated heterocycles. The fourth-order valence-corrected chi connectivity index (χ4v) is 5.30. The van der Waals surface area contributed by atoms with Crippen molar-refractivity contribution in [2.75, 3.05) is 19.6 Å². The predicted molar refractivity (Wildman–Crippen MR) is 147 cm³/mol. The number of carbonyl (C=O) groups is 3. The summed E-state index contributed by atoms with van der Waals surface area (Å²) >= 11 is 0. The number of benzene rings is 3. The Kier molecular flexibility index (Phi) is 9.24. The average Bonchev–Trinajstić information content (AvgIpc) is 3.25. The topological polar surface area (TPSA) is 87.3 Å². The molecular weight excluding hydrogens is 519 g/mol. The SMILES string of the molecule is O=C(CNC(=O)c1ccccc1)NCCCCCCC1(C(=O)NCC(F)(F)F)c2ccccc2-c2ccccc21. The Bertz CT molecular complexity index is 1300. The van der Waals surface area contributed by atoms with Gasteiger partial charge in [0.25, 0.3) is 5.91 Å². The Hall–Kier alpha value is -4.14. The highest BCUT2D eigenvalue weighted by molar-refractivity contribution is 6.00. The van der Waals surface area contributed by atoms with E-state index in [2.05, 4.69) is 16.0 Å². The largest absolute Gasteiger partial charge is 0.405 e. The molecule has 3 aromatic rings. The summed E-state index contributed by atoms with van der Waals surface area (Å²) in [6.45, 7) is -1.07. The summed E-state index contributed by atoms with van der Waals surface area (Å²) in [5, 5.41) is 7.51. The first-order chi connectivity index (χ1) is 19.2. The van der Waals surface area contributed by atoms with Crippen LogP contribution in [0, 0.1) is 0 Å². The molecule has 0 heterocycles. The summed E-state index contributed by atoms with van der Waals surface area (Å²) in [7, 11) is 0. The molecule has 9 heteroatoms. The van der Waals surface area contributed by atoms with Gasteiger partial charge in [-0.3, -0.25) is 14.4 Å². The standard InChI is InChI=1S/C31H32F3N3O3/c32-31(33,34)21-37-29(40)30(25-16-8-6-14-23(25)24-15-7-9-17-26(24)30)18-10-1-2-11-19-35-27(38)20-36-28(39)22-12-4-3-5-13-22/h3-9,12-17H,1-2,10-11,18-21H2,(H,35,38)(H,36,39)(H,37,40). The van der Waals surface area contributed by atoms with Gasteiger partial charge in [-0.15, -0.1) is 0 Å². The summed E-state index contributed by atoms with van der Waals surface area (Å²) in [6.07, 6.45) is -1.34. The fraction of sp³-hybridized carbons (Fsp3) is 0.323. The molecule has 3 aromatic carbocycles. The van der Waals surface area contributed by atoms with Gasteiger partial charge in [0.2, 0.25) is 11.8 Å². The van der Waals surface area contributed by atoms with Crippen molar-refractivity contribution in [2.24, 2.45) is 0 Å². The summed E-state index contributed by atoms with van der Waals surface area (Å²) in [6, 6.07) is 23.4. The van der Waals surface area contributed by atoms with Gasteiger partial charge in [-0.05, 0) is 47.2 Å². The van der Waals surface area contributed by atoms with Crippen LogP contribution in [0.3, 0.4) is 0 Å². The molecule has 0 aliphatic heterocycles. The average molecular weight is 552 g/mol. The quantitative estimate of drug-likeness (QED) is 0.273. The zero-order valence-electron chi connectivity index (χ0n) is 22.0. The first kappa shape index (κ1) is 28.9. The van der Waals surface area contributed by atoms with Crippen molar-refractivity contribution in [1.29, 1.82) is 0 Å². The van der Waals surface area contributed by atoms with Crippen molar-refractivity contribution in [3.05, 3.63) is 95.6 Å². The highest BCUT2D eigenvalue weighted by atomic mass is 19.4. The van der Waals surface area contributed by atoms with E-state index in [1.165, 1.54) is 0 Å². The number of carbonyl (C=O) groups excluding carboxylic acids is 3. The van der Waals surface area contributed by atoms with Gasteiger partial charge in [0, 0.05) is 12.1 Å². The Balaban J connectivity index is 1.30. The third kappa shape index (κ3) is 6.70. The molecule has 0 fully saturated rings. The molecule has 1 aliphatic rings. The molecule has 0 saturated carbocycles. The second-order valence-corrected chi connectivity index (χ2v) is 9.86. The number of unbranched alkanes of at least 4 members (excludes halogenated alkanes) is 3. The van der Waals surface area contributed by atoms with Gasteiger partial charge in [0.05, 0.1) is 6.54 Å². The molecule has 210 valence electrons. The van der Waals surface area contributed by atoms with E-state index in [-0.39, 0.29) is 18.4 Å². The van der Waals surface area contributed by atoms with Crippen molar-refractivity contribution < 1.29 is 27.6 Å². The van der Waals surface area contributed by atoms with Gasteiger partial charge < -0.3 is 16.0 Å². The number of halogens is 3. The van der Waals surface area contributed by atoms with Crippen molar-refractivity contribution in [3.63, 3.8) is 0 Å². The molecule has 0 bridgehead atoms. The lowest BCUT2D eigenvalue weighted by atomic mass is 9.73. The summed E-state index contributed by atoms with van der Waals surface area (Å²) in [4.78, 5) is 37.6. The van der Waals surface area contributed by atoms with Crippen LogP contribution in [0.25, 0.3) is 11.1 Å². The molecule has 0 aromatic heterocycles. The number of rotatable bonds is 12. The van der Waals surface area contributed by atoms with Gasteiger partial charge in [-0.25, -0.2) is 0 Å². The number of alkyl halides is 3. The third-order valence-electron chi connectivity index (χ3n) is 7.15. The maximum absolute atomic E-state index is 13.5. The van der Waals surface area contributed by atoms with Gasteiger partial charge in [-0.2, -0.15) is 13.2 Å². The van der Waals surface area contributed by atoms with E-state index >= 15 is 0 Å². The number of nitrogens with one attached hydrogen (secondary N) is 3. The lowest BCUT2D eigenvalue weighted by molar-refractivity contribution is -0.141. The van der Waals surface area contributed by atoms with Crippen LogP contribution in [-0.2, 0) is 15.0 Å². The smallest absolute Gasteiger partial charge is 0.355 e. The fourth-order valence-electron chi connectivity index (χ4n) is 5.30. The van der Waals surface area contributed by atoms with Crippen LogP contribution in [0.5, 0.6) is 0 Å². The second kappa shape index (κ2) is 12.8. The van der Waals surface area contributed by atoms with Crippen LogP contribution in [-0.4, -0.2) is 43.5 Å². The summed E-state index contributed by atoms with van der Waals surface area (Å²) < 4.78 is 39.0. The first-order valence-electron chi connectivity index (χ1n) is 13.4. The van der Waals surface area contributed by atoms with E-state index in [0.717, 1.165) is 35.1 Å². The van der Waals surface area contributed by atoms with Crippen LogP contribution in [0.1, 0.15) is 53.6 Å². The molecule has 40 heavy (non-hydrogen) atoms. The lowest BCUT2D eigenvalue weighted by Crippen LogP contribution is -2.47. The van der Waals surface area contributed by atoms with E-state index in [0.29, 0.717) is 31.4 Å². The van der Waals surface area contributed by atoms with Crippen molar-refractivity contribution >= 4 is 17.7 Å². The number of fused-ring (bicyclic) bond motifs is 3. The maximum atomic E-state index is 13.5. The van der Waals surface area contributed by atoms with Crippen LogP contribution < -0.4 is 16.0 Å². The van der Waals surface area contributed by atoms with Crippen LogP contribution in [0.15, 0.2) is 78.9 Å². The van der Waals surface area contributed by atoms with Crippen molar-refractivity contribution in [1.82, 2.24) is 16.0 Å². The van der Waals surface area contributed by atoms with E-state index in [1.807, 2.05) is 48.5 Å². The highest BCUT2D eigenvalue weighted by Gasteiger charge is 2.49. The molecule has 0 radical (unpaired) electrons. The molecule has 3 amide bonds. The first-order valence-corrected chi connectivity index (χ1v) is 13.4. The van der Waals surface area contributed by atoms with Gasteiger partial charge >= 0.3 is 6.18 Å². The minimum Gasteiger partial charge on any atom is -0.355 e. The molecule has 0 unspecified atom stereocenters. The Labute approximate surface area is 231 Å². The Morgan fingerprint density at radius 1 is 0.675 bits per heavy atom. The number of hydrogen-bond acceptors (Lipinski definition) is 3. The zero-order valence-corrected chi connectivity index (χ0v) is 22.0. The second-order valence-electron chi connectivity index (χ2n) is 9.86. The molecule has 4 rings (SSSR count). The Morgan fingerprint density at radius 3 is 1.88 bits per heavy atom. The third-order valence-corrected chi connectivity index (χ3v) is 7.15. The summed E-state index contributed by atoms with van der Waals surface area (Å²) in [5.74, 6) is -1.25. The lowest BCUT2D eigenvalue weighted by Gasteiger charge is -2.31. The van der Waals surface area contributed by atoms with Crippen molar-refractivity contribution in [2.45, 2.75) is 43.7 Å². The zero-order chi connectivity index (χ0) is 28.6. The molecule has 3 N–H and O–H groups in total. The number of hydrogen-bond donors (Lipinski definition) is 3. The van der Waals surface area contributed by atoms with Crippen molar-refractivity contribution in [3.8, 4) is 11.1 Å². The number of amides is 3. The molecular formula is C31H32F3N3O3. The van der Waals surface area contributed by atoms with E-state index in [9.17, 15) is 27.6 Å². The van der Waals surface area contributed by atoms with Crippen LogP contribution in [0.2, 0.25) is 0 Å². The van der Waals surface area contributed by atoms with Gasteiger partial charge in [0.1, 0.15) is 12.0 Å². The maximum Gasteiger partial charge on any atom is 0.405 e. The van der Waals surface area contributed by atoms with E-state index < -0.39 is 24.0 Å². The molecule has 1 aliphatic carbocycles. The molecule has 0 spiro atoms.